The number of benzene rings is 2. The average molecular weight is 341 g/mol. The summed E-state index contributed by atoms with van der Waals surface area (Å²) in [7, 11) is 1.75. The molecule has 0 aromatic heterocycles. The Morgan fingerprint density at radius 2 is 1.80 bits per heavy atom. The van der Waals surface area contributed by atoms with Crippen molar-refractivity contribution in [2.24, 2.45) is 0 Å². The largest absolute Gasteiger partial charge is 0.486 e. The van der Waals surface area contributed by atoms with Gasteiger partial charge in [0.25, 0.3) is 5.91 Å². The second-order valence-corrected chi connectivity index (χ2v) is 6.28. The van der Waals surface area contributed by atoms with Crippen LogP contribution in [0.25, 0.3) is 0 Å². The highest BCUT2D eigenvalue weighted by molar-refractivity contribution is 5.77. The van der Waals surface area contributed by atoms with E-state index in [0.717, 1.165) is 22.6 Å². The van der Waals surface area contributed by atoms with E-state index in [9.17, 15) is 4.79 Å². The molecular formula is C20H23NO4. The van der Waals surface area contributed by atoms with Gasteiger partial charge in [-0.15, -0.1) is 0 Å². The summed E-state index contributed by atoms with van der Waals surface area (Å²) in [6.07, 6.45) is -0.191. The highest BCUT2D eigenvalue weighted by Gasteiger charge is 2.24. The van der Waals surface area contributed by atoms with Crippen molar-refractivity contribution in [3.8, 4) is 17.2 Å². The molecule has 1 heterocycles. The fourth-order valence-corrected chi connectivity index (χ4v) is 2.83. The van der Waals surface area contributed by atoms with Gasteiger partial charge >= 0.3 is 0 Å². The van der Waals surface area contributed by atoms with Crippen LogP contribution in [0.1, 0.15) is 11.1 Å². The number of likely N-dealkylation sites (N-methyl/N-ethyl adjacent to an activating group) is 1. The zero-order valence-corrected chi connectivity index (χ0v) is 14.8. The molecule has 0 fully saturated rings. The summed E-state index contributed by atoms with van der Waals surface area (Å²) < 4.78 is 17.3. The van der Waals surface area contributed by atoms with Crippen LogP contribution in [0.15, 0.2) is 42.5 Å². The average Bonchev–Trinajstić information content (AvgIpc) is 2.61. The molecule has 0 N–H and O–H groups in total. The molecule has 0 bridgehead atoms. The normalized spacial score (nSPS) is 15.6. The third-order valence-electron chi connectivity index (χ3n) is 4.22. The van der Waals surface area contributed by atoms with E-state index in [4.69, 9.17) is 14.2 Å². The molecule has 0 aliphatic carbocycles. The number of nitrogens with zero attached hydrogens (tertiary/aromatic N) is 1. The zero-order valence-electron chi connectivity index (χ0n) is 14.8. The quantitative estimate of drug-likeness (QED) is 0.839. The lowest BCUT2D eigenvalue weighted by molar-refractivity contribution is -0.133. The molecule has 2 aromatic rings. The van der Waals surface area contributed by atoms with Gasteiger partial charge in [0.1, 0.15) is 12.4 Å². The summed E-state index contributed by atoms with van der Waals surface area (Å²) in [5.74, 6) is 2.14. The van der Waals surface area contributed by atoms with Crippen molar-refractivity contribution < 1.29 is 19.0 Å². The first-order valence-electron chi connectivity index (χ1n) is 8.36. The topological polar surface area (TPSA) is 48.0 Å². The first kappa shape index (κ1) is 17.1. The van der Waals surface area contributed by atoms with Gasteiger partial charge in [-0.3, -0.25) is 4.79 Å². The van der Waals surface area contributed by atoms with Gasteiger partial charge < -0.3 is 19.1 Å². The minimum absolute atomic E-state index is 0.00631. The molecule has 0 saturated carbocycles. The van der Waals surface area contributed by atoms with Crippen LogP contribution in [-0.4, -0.2) is 43.7 Å². The number of rotatable bonds is 5. The Bertz CT molecular complexity index is 739. The molecule has 0 unspecified atom stereocenters. The summed E-state index contributed by atoms with van der Waals surface area (Å²) in [6.45, 7) is 4.82. The van der Waals surface area contributed by atoms with Gasteiger partial charge in [0.05, 0.1) is 6.54 Å². The van der Waals surface area contributed by atoms with Gasteiger partial charge in [-0.1, -0.05) is 30.3 Å². The maximum absolute atomic E-state index is 12.4. The molecule has 25 heavy (non-hydrogen) atoms. The maximum atomic E-state index is 12.4. The Morgan fingerprint density at radius 3 is 2.52 bits per heavy atom. The minimum atomic E-state index is -0.191. The van der Waals surface area contributed by atoms with E-state index in [1.165, 1.54) is 0 Å². The summed E-state index contributed by atoms with van der Waals surface area (Å²) in [6, 6.07) is 13.5. The van der Waals surface area contributed by atoms with Gasteiger partial charge in [0.15, 0.2) is 24.2 Å². The Morgan fingerprint density at radius 1 is 1.12 bits per heavy atom. The molecule has 0 saturated heterocycles. The number of carbonyl (C=O) groups is 1. The molecule has 5 heteroatoms. The standard InChI is InChI=1S/C20H23NO4/c1-14-7-6-8-15(2)20(14)24-13-19(22)21(3)11-16-12-23-17-9-4-5-10-18(17)25-16/h4-10,16H,11-13H2,1-3H3/t16-/m0/s1. The van der Waals surface area contributed by atoms with Crippen LogP contribution in [0.2, 0.25) is 0 Å². The first-order chi connectivity index (χ1) is 12.0. The van der Waals surface area contributed by atoms with Crippen LogP contribution in [0.4, 0.5) is 0 Å². The molecule has 2 aromatic carbocycles. The van der Waals surface area contributed by atoms with Crippen LogP contribution in [0.3, 0.4) is 0 Å². The molecule has 132 valence electrons. The van der Waals surface area contributed by atoms with Crippen molar-refractivity contribution in [1.82, 2.24) is 4.90 Å². The van der Waals surface area contributed by atoms with E-state index in [1.807, 2.05) is 56.3 Å². The molecule has 5 nitrogen and oxygen atoms in total. The molecule has 1 aliphatic rings. The van der Waals surface area contributed by atoms with E-state index in [1.54, 1.807) is 11.9 Å². The SMILES string of the molecule is Cc1cccc(C)c1OCC(=O)N(C)C[C@H]1COc2ccccc2O1. The number of fused-ring (bicyclic) bond motifs is 1. The van der Waals surface area contributed by atoms with Gasteiger partial charge in [-0.25, -0.2) is 0 Å². The minimum Gasteiger partial charge on any atom is -0.486 e. The van der Waals surface area contributed by atoms with Crippen molar-refractivity contribution in [2.45, 2.75) is 20.0 Å². The van der Waals surface area contributed by atoms with Gasteiger partial charge in [-0.2, -0.15) is 0 Å². The Hall–Kier alpha value is -2.69. The summed E-state index contributed by atoms with van der Waals surface area (Å²) in [4.78, 5) is 14.0. The number of aryl methyl sites for hydroxylation is 2. The van der Waals surface area contributed by atoms with Crippen molar-refractivity contribution in [1.29, 1.82) is 0 Å². The van der Waals surface area contributed by atoms with Gasteiger partial charge in [0.2, 0.25) is 0 Å². The highest BCUT2D eigenvalue weighted by atomic mass is 16.6. The fraction of sp³-hybridized carbons (Fsp3) is 0.350. The van der Waals surface area contributed by atoms with E-state index in [2.05, 4.69) is 0 Å². The molecular weight excluding hydrogens is 318 g/mol. The van der Waals surface area contributed by atoms with Crippen molar-refractivity contribution in [3.63, 3.8) is 0 Å². The van der Waals surface area contributed by atoms with Crippen molar-refractivity contribution in [3.05, 3.63) is 53.6 Å². The summed E-state index contributed by atoms with van der Waals surface area (Å²) in [5.41, 5.74) is 2.05. The van der Waals surface area contributed by atoms with E-state index >= 15 is 0 Å². The number of carbonyl (C=O) groups excluding carboxylic acids is 1. The monoisotopic (exact) mass is 341 g/mol. The second kappa shape index (κ2) is 7.47. The van der Waals surface area contributed by atoms with E-state index < -0.39 is 0 Å². The molecule has 1 amide bonds. The van der Waals surface area contributed by atoms with Crippen LogP contribution >= 0.6 is 0 Å². The lowest BCUT2D eigenvalue weighted by atomic mass is 10.1. The number of para-hydroxylation sites is 3. The van der Waals surface area contributed by atoms with Crippen LogP contribution in [0, 0.1) is 13.8 Å². The second-order valence-electron chi connectivity index (χ2n) is 6.28. The Balaban J connectivity index is 1.53. The molecule has 0 radical (unpaired) electrons. The van der Waals surface area contributed by atoms with E-state index in [-0.39, 0.29) is 18.6 Å². The molecule has 1 aliphatic heterocycles. The third kappa shape index (κ3) is 4.05. The molecule has 1 atom stereocenters. The number of hydrogen-bond acceptors (Lipinski definition) is 4. The Labute approximate surface area is 148 Å². The predicted molar refractivity (Wildman–Crippen MR) is 95.4 cm³/mol. The summed E-state index contributed by atoms with van der Waals surface area (Å²) >= 11 is 0. The van der Waals surface area contributed by atoms with Crippen LogP contribution in [-0.2, 0) is 4.79 Å². The number of ether oxygens (including phenoxy) is 3. The van der Waals surface area contributed by atoms with Crippen molar-refractivity contribution >= 4 is 5.91 Å². The van der Waals surface area contributed by atoms with Crippen LogP contribution in [0.5, 0.6) is 17.2 Å². The first-order valence-corrected chi connectivity index (χ1v) is 8.36. The summed E-state index contributed by atoms with van der Waals surface area (Å²) in [5, 5.41) is 0. The molecule has 3 rings (SSSR count). The lowest BCUT2D eigenvalue weighted by Gasteiger charge is -2.29. The highest BCUT2D eigenvalue weighted by Crippen LogP contribution is 2.31. The molecule has 0 spiro atoms. The zero-order chi connectivity index (χ0) is 17.8. The lowest BCUT2D eigenvalue weighted by Crippen LogP contribution is -2.43. The third-order valence-corrected chi connectivity index (χ3v) is 4.22. The predicted octanol–water partition coefficient (Wildman–Crippen LogP) is 2.98. The van der Waals surface area contributed by atoms with Crippen LogP contribution < -0.4 is 14.2 Å². The Kier molecular flexibility index (Phi) is 5.12. The van der Waals surface area contributed by atoms with Gasteiger partial charge in [-0.05, 0) is 37.1 Å². The smallest absolute Gasteiger partial charge is 0.260 e. The van der Waals surface area contributed by atoms with Gasteiger partial charge in [0, 0.05) is 7.05 Å². The van der Waals surface area contributed by atoms with Crippen molar-refractivity contribution in [2.75, 3.05) is 26.8 Å². The number of amides is 1. The van der Waals surface area contributed by atoms with E-state index in [0.29, 0.717) is 18.9 Å². The number of hydrogen-bond donors (Lipinski definition) is 0. The fourth-order valence-electron chi connectivity index (χ4n) is 2.83. The maximum Gasteiger partial charge on any atom is 0.260 e.